The number of amides is 1. The molecule has 2 heterocycles. The highest BCUT2D eigenvalue weighted by molar-refractivity contribution is 7.80. The Kier molecular flexibility index (Phi) is 4.96. The molecule has 1 saturated carbocycles. The minimum Gasteiger partial charge on any atom is -0.352 e. The van der Waals surface area contributed by atoms with Gasteiger partial charge in [0.1, 0.15) is 0 Å². The van der Waals surface area contributed by atoms with Gasteiger partial charge >= 0.3 is 0 Å². The van der Waals surface area contributed by atoms with Crippen LogP contribution in [-0.2, 0) is 10.3 Å². The average Bonchev–Trinajstić information content (AvgIpc) is 3.36. The molecule has 4 rings (SSSR count). The Morgan fingerprint density at radius 1 is 1.15 bits per heavy atom. The van der Waals surface area contributed by atoms with Gasteiger partial charge in [0.25, 0.3) is 0 Å². The lowest BCUT2D eigenvalue weighted by molar-refractivity contribution is -0.117. The molecular weight excluding hydrogens is 362 g/mol. The minimum absolute atomic E-state index is 0.0409. The molecule has 0 unspecified atom stereocenters. The number of anilines is 2. The zero-order valence-electron chi connectivity index (χ0n) is 14.7. The SMILES string of the molecule is O=C1CCCN1c1cccc(NC(=S)NC2(c3cccs3)CCCC2)c1. The van der Waals surface area contributed by atoms with Crippen molar-refractivity contribution in [2.45, 2.75) is 44.1 Å². The molecule has 1 aliphatic carbocycles. The van der Waals surface area contributed by atoms with Crippen molar-refractivity contribution in [3.63, 3.8) is 0 Å². The largest absolute Gasteiger partial charge is 0.352 e. The molecule has 26 heavy (non-hydrogen) atoms. The van der Waals surface area contributed by atoms with E-state index in [1.165, 1.54) is 17.7 Å². The third-order valence-corrected chi connectivity index (χ3v) is 6.57. The zero-order valence-corrected chi connectivity index (χ0v) is 16.3. The first-order chi connectivity index (χ1) is 12.7. The molecule has 2 fully saturated rings. The van der Waals surface area contributed by atoms with E-state index in [1.54, 1.807) is 11.3 Å². The Labute approximate surface area is 163 Å². The summed E-state index contributed by atoms with van der Waals surface area (Å²) in [7, 11) is 0. The van der Waals surface area contributed by atoms with Crippen LogP contribution in [-0.4, -0.2) is 17.6 Å². The van der Waals surface area contributed by atoms with Crippen LogP contribution in [0.15, 0.2) is 41.8 Å². The van der Waals surface area contributed by atoms with Crippen molar-refractivity contribution in [1.82, 2.24) is 5.32 Å². The number of rotatable bonds is 4. The van der Waals surface area contributed by atoms with Crippen LogP contribution in [0.3, 0.4) is 0 Å². The van der Waals surface area contributed by atoms with Crippen molar-refractivity contribution in [2.75, 3.05) is 16.8 Å². The molecule has 6 heteroatoms. The van der Waals surface area contributed by atoms with E-state index >= 15 is 0 Å². The van der Waals surface area contributed by atoms with E-state index in [0.717, 1.165) is 37.2 Å². The van der Waals surface area contributed by atoms with Crippen molar-refractivity contribution in [3.05, 3.63) is 46.7 Å². The maximum absolute atomic E-state index is 12.0. The lowest BCUT2D eigenvalue weighted by Gasteiger charge is -2.31. The molecule has 1 saturated heterocycles. The number of carbonyl (C=O) groups excluding carboxylic acids is 1. The molecule has 2 aromatic rings. The molecule has 1 aliphatic heterocycles. The molecule has 2 N–H and O–H groups in total. The van der Waals surface area contributed by atoms with Gasteiger partial charge in [-0.3, -0.25) is 4.79 Å². The van der Waals surface area contributed by atoms with E-state index in [-0.39, 0.29) is 11.4 Å². The lowest BCUT2D eigenvalue weighted by atomic mass is 9.96. The second-order valence-corrected chi connectivity index (χ2v) is 8.40. The molecule has 136 valence electrons. The van der Waals surface area contributed by atoms with Gasteiger partial charge in [0.2, 0.25) is 5.91 Å². The van der Waals surface area contributed by atoms with E-state index in [1.807, 2.05) is 29.2 Å². The molecule has 4 nitrogen and oxygen atoms in total. The summed E-state index contributed by atoms with van der Waals surface area (Å²) in [6.07, 6.45) is 6.23. The molecule has 2 aliphatic rings. The van der Waals surface area contributed by atoms with Crippen molar-refractivity contribution in [3.8, 4) is 0 Å². The van der Waals surface area contributed by atoms with Crippen molar-refractivity contribution in [1.29, 1.82) is 0 Å². The van der Waals surface area contributed by atoms with E-state index in [4.69, 9.17) is 12.2 Å². The minimum atomic E-state index is -0.0409. The molecule has 1 aromatic carbocycles. The fourth-order valence-corrected chi connectivity index (χ4v) is 5.27. The van der Waals surface area contributed by atoms with Crippen LogP contribution < -0.4 is 15.5 Å². The normalized spacial score (nSPS) is 18.9. The van der Waals surface area contributed by atoms with Crippen LogP contribution >= 0.6 is 23.6 Å². The smallest absolute Gasteiger partial charge is 0.227 e. The third kappa shape index (κ3) is 3.48. The van der Waals surface area contributed by atoms with E-state index in [2.05, 4.69) is 28.1 Å². The summed E-state index contributed by atoms with van der Waals surface area (Å²) in [4.78, 5) is 15.2. The maximum Gasteiger partial charge on any atom is 0.227 e. The van der Waals surface area contributed by atoms with E-state index in [0.29, 0.717) is 11.5 Å². The van der Waals surface area contributed by atoms with Crippen LogP contribution in [0.25, 0.3) is 0 Å². The highest BCUT2D eigenvalue weighted by Crippen LogP contribution is 2.40. The summed E-state index contributed by atoms with van der Waals surface area (Å²) < 4.78 is 0. The van der Waals surface area contributed by atoms with Crippen LogP contribution in [0.4, 0.5) is 11.4 Å². The monoisotopic (exact) mass is 385 g/mol. The van der Waals surface area contributed by atoms with Crippen LogP contribution in [0, 0.1) is 0 Å². The lowest BCUT2D eigenvalue weighted by Crippen LogP contribution is -2.45. The summed E-state index contributed by atoms with van der Waals surface area (Å²) in [5, 5.41) is 9.69. The van der Waals surface area contributed by atoms with Crippen molar-refractivity contribution in [2.24, 2.45) is 0 Å². The van der Waals surface area contributed by atoms with Gasteiger partial charge in [-0.2, -0.15) is 0 Å². The van der Waals surface area contributed by atoms with Crippen LogP contribution in [0.2, 0.25) is 0 Å². The maximum atomic E-state index is 12.0. The highest BCUT2D eigenvalue weighted by atomic mass is 32.1. The van der Waals surface area contributed by atoms with Gasteiger partial charge in [-0.25, -0.2) is 0 Å². The first-order valence-electron chi connectivity index (χ1n) is 9.20. The second kappa shape index (κ2) is 7.37. The average molecular weight is 386 g/mol. The van der Waals surface area contributed by atoms with Crippen LogP contribution in [0.5, 0.6) is 0 Å². The van der Waals surface area contributed by atoms with Gasteiger partial charge in [0.15, 0.2) is 5.11 Å². The van der Waals surface area contributed by atoms with Gasteiger partial charge in [0, 0.05) is 29.2 Å². The predicted octanol–water partition coefficient (Wildman–Crippen LogP) is 4.63. The second-order valence-electron chi connectivity index (χ2n) is 7.04. The van der Waals surface area contributed by atoms with Crippen molar-refractivity contribution < 1.29 is 4.79 Å². The Hall–Kier alpha value is -1.92. The number of thiophene rings is 1. The zero-order chi connectivity index (χ0) is 18.0. The number of nitrogens with zero attached hydrogens (tertiary/aromatic N) is 1. The van der Waals surface area contributed by atoms with E-state index in [9.17, 15) is 4.79 Å². The first-order valence-corrected chi connectivity index (χ1v) is 10.5. The number of benzene rings is 1. The van der Waals surface area contributed by atoms with Gasteiger partial charge < -0.3 is 15.5 Å². The van der Waals surface area contributed by atoms with Gasteiger partial charge in [-0.1, -0.05) is 25.0 Å². The molecule has 0 atom stereocenters. The number of hydrogen-bond donors (Lipinski definition) is 2. The van der Waals surface area contributed by atoms with Gasteiger partial charge in [-0.15, -0.1) is 11.3 Å². The quantitative estimate of drug-likeness (QED) is 0.753. The number of nitrogens with one attached hydrogen (secondary N) is 2. The standard InChI is InChI=1S/C20H23N3OS2/c24-18-9-4-12-23(18)16-7-3-6-15(14-16)21-19(25)22-20(10-1-2-11-20)17-8-5-13-26-17/h3,5-8,13-14H,1-2,4,9-12H2,(H2,21,22,25). The highest BCUT2D eigenvalue weighted by Gasteiger charge is 2.37. The topological polar surface area (TPSA) is 44.4 Å². The number of hydrogen-bond acceptors (Lipinski definition) is 3. The molecular formula is C20H23N3OS2. The summed E-state index contributed by atoms with van der Waals surface area (Å²) in [6, 6.07) is 12.2. The first kappa shape index (κ1) is 17.5. The summed E-state index contributed by atoms with van der Waals surface area (Å²) >= 11 is 7.41. The van der Waals surface area contributed by atoms with Crippen LogP contribution in [0.1, 0.15) is 43.4 Å². The van der Waals surface area contributed by atoms with Gasteiger partial charge in [-0.05, 0) is 61.1 Å². The molecule has 1 amide bonds. The Balaban J connectivity index is 1.47. The Bertz CT molecular complexity index is 797. The Morgan fingerprint density at radius 3 is 2.69 bits per heavy atom. The number of carbonyl (C=O) groups is 1. The number of thiocarbonyl (C=S) groups is 1. The predicted molar refractivity (Wildman–Crippen MR) is 112 cm³/mol. The van der Waals surface area contributed by atoms with Crippen molar-refractivity contribution >= 4 is 45.9 Å². The summed E-state index contributed by atoms with van der Waals surface area (Å²) in [6.45, 7) is 0.798. The third-order valence-electron chi connectivity index (χ3n) is 5.29. The summed E-state index contributed by atoms with van der Waals surface area (Å²) in [5.74, 6) is 0.199. The molecule has 0 radical (unpaired) electrons. The van der Waals surface area contributed by atoms with Gasteiger partial charge in [0.05, 0.1) is 5.54 Å². The molecule has 0 bridgehead atoms. The summed E-state index contributed by atoms with van der Waals surface area (Å²) in [5.41, 5.74) is 1.81. The molecule has 1 aromatic heterocycles. The fourth-order valence-electron chi connectivity index (χ4n) is 4.01. The molecule has 0 spiro atoms. The fraction of sp³-hybridized carbons (Fsp3) is 0.400. The Morgan fingerprint density at radius 2 is 2.00 bits per heavy atom. The van der Waals surface area contributed by atoms with E-state index < -0.39 is 0 Å².